The van der Waals surface area contributed by atoms with Gasteiger partial charge in [0.05, 0.1) is 14.2 Å². The second-order valence-electron chi connectivity index (χ2n) is 3.34. The van der Waals surface area contributed by atoms with Gasteiger partial charge >= 0.3 is 11.9 Å². The fourth-order valence-electron chi connectivity index (χ4n) is 1.27. The normalized spacial score (nSPS) is 10.8. The van der Waals surface area contributed by atoms with Gasteiger partial charge < -0.3 is 9.47 Å². The van der Waals surface area contributed by atoms with Gasteiger partial charge in [-0.1, -0.05) is 24.3 Å². The first kappa shape index (κ1) is 13.7. The largest absolute Gasteiger partial charge is 0.466 e. The quantitative estimate of drug-likeness (QED) is 0.602. The van der Waals surface area contributed by atoms with Crippen LogP contribution in [-0.4, -0.2) is 26.2 Å². The lowest BCUT2D eigenvalue weighted by atomic mass is 10.1. The number of carbonyl (C=O) groups excluding carboxylic acids is 2. The van der Waals surface area contributed by atoms with Crippen molar-refractivity contribution >= 4 is 24.1 Å². The summed E-state index contributed by atoms with van der Waals surface area (Å²) in [5.41, 5.74) is 1.62. The van der Waals surface area contributed by atoms with Crippen molar-refractivity contribution in [2.45, 2.75) is 0 Å². The molecule has 0 spiro atoms. The van der Waals surface area contributed by atoms with E-state index in [1.165, 1.54) is 26.4 Å². The molecule has 0 N–H and O–H groups in total. The fourth-order valence-corrected chi connectivity index (χ4v) is 1.27. The Morgan fingerprint density at radius 2 is 1.28 bits per heavy atom. The van der Waals surface area contributed by atoms with Gasteiger partial charge in [-0.05, 0) is 23.3 Å². The van der Waals surface area contributed by atoms with Crippen LogP contribution in [0.25, 0.3) is 12.2 Å². The first-order valence-corrected chi connectivity index (χ1v) is 5.28. The molecule has 0 radical (unpaired) electrons. The number of methoxy groups -OCH3 is 2. The second kappa shape index (κ2) is 7.06. The van der Waals surface area contributed by atoms with Gasteiger partial charge in [-0.2, -0.15) is 0 Å². The minimum Gasteiger partial charge on any atom is -0.466 e. The number of esters is 2. The molecule has 0 saturated heterocycles. The summed E-state index contributed by atoms with van der Waals surface area (Å²) in [4.78, 5) is 22.0. The Labute approximate surface area is 106 Å². The maximum Gasteiger partial charge on any atom is 0.330 e. The summed E-state index contributed by atoms with van der Waals surface area (Å²) in [5, 5.41) is 0. The van der Waals surface area contributed by atoms with Crippen molar-refractivity contribution in [3.63, 3.8) is 0 Å². The van der Waals surface area contributed by atoms with Gasteiger partial charge in [0.25, 0.3) is 0 Å². The molecule has 1 rings (SSSR count). The molecular weight excluding hydrogens is 232 g/mol. The van der Waals surface area contributed by atoms with Crippen LogP contribution in [0.3, 0.4) is 0 Å². The molecule has 0 aromatic heterocycles. The molecule has 0 aliphatic heterocycles. The van der Waals surface area contributed by atoms with Crippen LogP contribution in [0.5, 0.6) is 0 Å². The zero-order valence-electron chi connectivity index (χ0n) is 10.3. The highest BCUT2D eigenvalue weighted by molar-refractivity contribution is 5.90. The molecule has 4 heteroatoms. The van der Waals surface area contributed by atoms with Crippen LogP contribution < -0.4 is 0 Å². The Morgan fingerprint density at radius 1 is 0.889 bits per heavy atom. The monoisotopic (exact) mass is 246 g/mol. The molecule has 0 saturated carbocycles. The van der Waals surface area contributed by atoms with Crippen molar-refractivity contribution < 1.29 is 19.1 Å². The fraction of sp³-hybridized carbons (Fsp3) is 0.143. The van der Waals surface area contributed by atoms with Gasteiger partial charge in [-0.3, -0.25) is 0 Å². The highest BCUT2D eigenvalue weighted by atomic mass is 16.5. The van der Waals surface area contributed by atoms with Gasteiger partial charge in [0.1, 0.15) is 0 Å². The Balaban J connectivity index is 2.93. The molecule has 0 heterocycles. The van der Waals surface area contributed by atoms with Crippen molar-refractivity contribution in [3.05, 3.63) is 47.5 Å². The lowest BCUT2D eigenvalue weighted by molar-refractivity contribution is -0.135. The molecule has 1 aromatic rings. The lowest BCUT2D eigenvalue weighted by Gasteiger charge is -2.00. The molecule has 0 aliphatic carbocycles. The predicted octanol–water partition coefficient (Wildman–Crippen LogP) is 2.06. The zero-order valence-corrected chi connectivity index (χ0v) is 10.3. The summed E-state index contributed by atoms with van der Waals surface area (Å²) in [6.07, 6.45) is 5.90. The van der Waals surface area contributed by atoms with Crippen LogP contribution in [0.4, 0.5) is 0 Å². The predicted molar refractivity (Wildman–Crippen MR) is 68.5 cm³/mol. The van der Waals surface area contributed by atoms with Gasteiger partial charge in [-0.15, -0.1) is 0 Å². The van der Waals surface area contributed by atoms with E-state index in [9.17, 15) is 9.59 Å². The number of hydrogen-bond donors (Lipinski definition) is 0. The van der Waals surface area contributed by atoms with E-state index in [0.29, 0.717) is 0 Å². The van der Waals surface area contributed by atoms with Crippen LogP contribution >= 0.6 is 0 Å². The van der Waals surface area contributed by atoms with Crippen molar-refractivity contribution in [2.24, 2.45) is 0 Å². The lowest BCUT2D eigenvalue weighted by Crippen LogP contribution is -1.94. The molecule has 0 bridgehead atoms. The van der Waals surface area contributed by atoms with Gasteiger partial charge in [-0.25, -0.2) is 9.59 Å². The molecule has 1 aromatic carbocycles. The van der Waals surface area contributed by atoms with E-state index in [2.05, 4.69) is 9.47 Å². The van der Waals surface area contributed by atoms with Crippen LogP contribution in [0, 0.1) is 0 Å². The minimum absolute atomic E-state index is 0.429. The Hall–Kier alpha value is -2.36. The highest BCUT2D eigenvalue weighted by Crippen LogP contribution is 2.12. The number of hydrogen-bond acceptors (Lipinski definition) is 4. The van der Waals surface area contributed by atoms with Crippen LogP contribution in [0.2, 0.25) is 0 Å². The average Bonchev–Trinajstić information content (AvgIpc) is 2.42. The van der Waals surface area contributed by atoms with Crippen molar-refractivity contribution in [1.82, 2.24) is 0 Å². The first-order valence-electron chi connectivity index (χ1n) is 5.28. The van der Waals surface area contributed by atoms with E-state index < -0.39 is 11.9 Å². The third-order valence-electron chi connectivity index (χ3n) is 2.20. The summed E-state index contributed by atoms with van der Waals surface area (Å²) >= 11 is 0. The summed E-state index contributed by atoms with van der Waals surface area (Å²) in [7, 11) is 2.63. The Kier molecular flexibility index (Phi) is 5.38. The van der Waals surface area contributed by atoms with Crippen molar-refractivity contribution in [3.8, 4) is 0 Å². The number of rotatable bonds is 4. The standard InChI is InChI=1S/C14H14O4/c1-17-13(15)9-7-11-5-3-4-6-12(11)8-10-14(16)18-2/h3-10H,1-2H3. The minimum atomic E-state index is -0.429. The molecule has 94 valence electrons. The molecule has 0 atom stereocenters. The van der Waals surface area contributed by atoms with Crippen LogP contribution in [-0.2, 0) is 19.1 Å². The molecule has 18 heavy (non-hydrogen) atoms. The summed E-state index contributed by atoms with van der Waals surface area (Å²) in [6.45, 7) is 0. The number of benzene rings is 1. The van der Waals surface area contributed by atoms with Crippen molar-refractivity contribution in [2.75, 3.05) is 14.2 Å². The molecule has 0 fully saturated rings. The third-order valence-corrected chi connectivity index (χ3v) is 2.20. The zero-order chi connectivity index (χ0) is 13.4. The smallest absolute Gasteiger partial charge is 0.330 e. The van der Waals surface area contributed by atoms with E-state index in [-0.39, 0.29) is 0 Å². The van der Waals surface area contributed by atoms with E-state index >= 15 is 0 Å². The third kappa shape index (κ3) is 4.25. The van der Waals surface area contributed by atoms with Crippen LogP contribution in [0.1, 0.15) is 11.1 Å². The SMILES string of the molecule is COC(=O)C=Cc1ccccc1C=CC(=O)OC. The van der Waals surface area contributed by atoms with E-state index in [1.54, 1.807) is 12.2 Å². The van der Waals surface area contributed by atoms with Gasteiger partial charge in [0, 0.05) is 12.2 Å². The summed E-state index contributed by atoms with van der Waals surface area (Å²) in [6, 6.07) is 7.34. The van der Waals surface area contributed by atoms with Gasteiger partial charge in [0.2, 0.25) is 0 Å². The molecule has 0 unspecified atom stereocenters. The first-order chi connectivity index (χ1) is 8.67. The second-order valence-corrected chi connectivity index (χ2v) is 3.34. The van der Waals surface area contributed by atoms with E-state index in [0.717, 1.165) is 11.1 Å². The van der Waals surface area contributed by atoms with E-state index in [1.807, 2.05) is 24.3 Å². The molecule has 0 aliphatic rings. The highest BCUT2D eigenvalue weighted by Gasteiger charge is 1.98. The topological polar surface area (TPSA) is 52.6 Å². The van der Waals surface area contributed by atoms with E-state index in [4.69, 9.17) is 0 Å². The average molecular weight is 246 g/mol. The molecule has 4 nitrogen and oxygen atoms in total. The summed E-state index contributed by atoms with van der Waals surface area (Å²) < 4.78 is 9.02. The maximum atomic E-state index is 11.0. The maximum absolute atomic E-state index is 11.0. The molecule has 0 amide bonds. The Morgan fingerprint density at radius 3 is 1.61 bits per heavy atom. The Bertz CT molecular complexity index is 441. The number of carbonyl (C=O) groups is 2. The van der Waals surface area contributed by atoms with Gasteiger partial charge in [0.15, 0.2) is 0 Å². The number of ether oxygens (including phenoxy) is 2. The molecular formula is C14H14O4. The van der Waals surface area contributed by atoms with Crippen LogP contribution in [0.15, 0.2) is 36.4 Å². The summed E-state index contributed by atoms with van der Waals surface area (Å²) in [5.74, 6) is -0.858. The van der Waals surface area contributed by atoms with Crippen molar-refractivity contribution in [1.29, 1.82) is 0 Å².